The zero-order valence-electron chi connectivity index (χ0n) is 7.97. The van der Waals surface area contributed by atoms with Gasteiger partial charge in [0.05, 0.1) is 17.3 Å². The van der Waals surface area contributed by atoms with Crippen LogP contribution in [0.1, 0.15) is 46.0 Å². The third-order valence-electron chi connectivity index (χ3n) is 3.74. The fraction of sp³-hybridized carbons (Fsp3) is 1.00. The van der Waals surface area contributed by atoms with Gasteiger partial charge in [-0.1, -0.05) is 13.8 Å². The van der Waals surface area contributed by atoms with Crippen molar-refractivity contribution < 1.29 is 9.84 Å². The summed E-state index contributed by atoms with van der Waals surface area (Å²) in [6.45, 7) is 4.23. The van der Waals surface area contributed by atoms with E-state index < -0.39 is 5.60 Å². The summed E-state index contributed by atoms with van der Waals surface area (Å²) < 4.78 is 5.65. The fourth-order valence-corrected chi connectivity index (χ4v) is 2.40. The second kappa shape index (κ2) is 2.46. The highest BCUT2D eigenvalue weighted by Crippen LogP contribution is 2.53. The van der Waals surface area contributed by atoms with Gasteiger partial charge >= 0.3 is 0 Å². The minimum Gasteiger partial charge on any atom is -0.390 e. The lowest BCUT2D eigenvalue weighted by Gasteiger charge is -2.31. The molecule has 12 heavy (non-hydrogen) atoms. The van der Waals surface area contributed by atoms with Gasteiger partial charge in [0, 0.05) is 6.42 Å². The van der Waals surface area contributed by atoms with Crippen LogP contribution in [0.3, 0.4) is 0 Å². The topological polar surface area (TPSA) is 32.8 Å². The Morgan fingerprint density at radius 2 is 2.08 bits per heavy atom. The number of epoxide rings is 1. The standard InChI is InChI=1S/C10H18O2/c1-3-9(11)5-6-10(4-2)8(7-9)12-10/h8,11H,3-7H2,1-2H3/t8-,9?,10+/m0/s1. The van der Waals surface area contributed by atoms with Crippen LogP contribution in [0.25, 0.3) is 0 Å². The molecule has 1 saturated carbocycles. The lowest BCUT2D eigenvalue weighted by atomic mass is 9.77. The lowest BCUT2D eigenvalue weighted by molar-refractivity contribution is 0.00150. The molecule has 1 saturated heterocycles. The molecule has 1 aliphatic carbocycles. The maximum Gasteiger partial charge on any atom is 0.0948 e. The van der Waals surface area contributed by atoms with Crippen molar-refractivity contribution >= 4 is 0 Å². The fourth-order valence-electron chi connectivity index (χ4n) is 2.40. The molecule has 2 nitrogen and oxygen atoms in total. The third kappa shape index (κ3) is 1.09. The predicted molar refractivity (Wildman–Crippen MR) is 47.0 cm³/mol. The molecule has 1 aliphatic heterocycles. The molecule has 70 valence electrons. The molecule has 1 unspecified atom stereocenters. The van der Waals surface area contributed by atoms with Gasteiger partial charge in [-0.3, -0.25) is 0 Å². The average molecular weight is 170 g/mol. The van der Waals surface area contributed by atoms with Crippen molar-refractivity contribution in [3.8, 4) is 0 Å². The van der Waals surface area contributed by atoms with E-state index in [9.17, 15) is 5.11 Å². The van der Waals surface area contributed by atoms with Crippen molar-refractivity contribution in [3.63, 3.8) is 0 Å². The summed E-state index contributed by atoms with van der Waals surface area (Å²) in [5.41, 5.74) is -0.235. The van der Waals surface area contributed by atoms with Crippen LogP contribution >= 0.6 is 0 Å². The number of ether oxygens (including phenoxy) is 1. The van der Waals surface area contributed by atoms with Crippen molar-refractivity contribution in [2.45, 2.75) is 63.3 Å². The van der Waals surface area contributed by atoms with Crippen LogP contribution in [0.15, 0.2) is 0 Å². The van der Waals surface area contributed by atoms with Crippen LogP contribution in [0, 0.1) is 0 Å². The summed E-state index contributed by atoms with van der Waals surface area (Å²) in [5.74, 6) is 0. The quantitative estimate of drug-likeness (QED) is 0.642. The normalized spacial score (nSPS) is 51.8. The van der Waals surface area contributed by atoms with E-state index in [0.717, 1.165) is 32.1 Å². The summed E-state index contributed by atoms with van der Waals surface area (Å²) in [7, 11) is 0. The van der Waals surface area contributed by atoms with Crippen LogP contribution < -0.4 is 0 Å². The van der Waals surface area contributed by atoms with Gasteiger partial charge in [-0.05, 0) is 25.7 Å². The van der Waals surface area contributed by atoms with Gasteiger partial charge in [0.2, 0.25) is 0 Å². The molecule has 0 radical (unpaired) electrons. The smallest absolute Gasteiger partial charge is 0.0948 e. The van der Waals surface area contributed by atoms with E-state index in [0.29, 0.717) is 6.10 Å². The Balaban J connectivity index is 2.00. The first-order chi connectivity index (χ1) is 5.64. The average Bonchev–Trinajstić information content (AvgIpc) is 2.79. The summed E-state index contributed by atoms with van der Waals surface area (Å²) >= 11 is 0. The Morgan fingerprint density at radius 1 is 1.33 bits per heavy atom. The van der Waals surface area contributed by atoms with Gasteiger partial charge in [0.25, 0.3) is 0 Å². The highest BCUT2D eigenvalue weighted by Gasteiger charge is 2.60. The van der Waals surface area contributed by atoms with Crippen LogP contribution in [-0.4, -0.2) is 22.4 Å². The molecular weight excluding hydrogens is 152 g/mol. The van der Waals surface area contributed by atoms with Crippen LogP contribution in [-0.2, 0) is 4.74 Å². The van der Waals surface area contributed by atoms with Crippen LogP contribution in [0.5, 0.6) is 0 Å². The van der Waals surface area contributed by atoms with Crippen molar-refractivity contribution in [2.75, 3.05) is 0 Å². The third-order valence-corrected chi connectivity index (χ3v) is 3.74. The molecule has 2 aliphatic rings. The zero-order valence-corrected chi connectivity index (χ0v) is 7.97. The summed E-state index contributed by atoms with van der Waals surface area (Å²) in [5, 5.41) is 10.0. The van der Waals surface area contributed by atoms with Crippen molar-refractivity contribution in [2.24, 2.45) is 0 Å². The summed E-state index contributed by atoms with van der Waals surface area (Å²) in [6.07, 6.45) is 5.18. The molecule has 0 spiro atoms. The van der Waals surface area contributed by atoms with Crippen molar-refractivity contribution in [1.82, 2.24) is 0 Å². The largest absolute Gasteiger partial charge is 0.390 e. The molecule has 0 aromatic heterocycles. The lowest BCUT2D eigenvalue weighted by Crippen LogP contribution is -2.37. The number of hydrogen-bond acceptors (Lipinski definition) is 2. The van der Waals surface area contributed by atoms with E-state index in [1.54, 1.807) is 0 Å². The second-order valence-electron chi connectivity index (χ2n) is 4.31. The molecule has 2 fully saturated rings. The first kappa shape index (κ1) is 8.52. The second-order valence-corrected chi connectivity index (χ2v) is 4.31. The minimum absolute atomic E-state index is 0.182. The molecular formula is C10H18O2. The van der Waals surface area contributed by atoms with E-state index in [2.05, 4.69) is 13.8 Å². The van der Waals surface area contributed by atoms with E-state index in [1.807, 2.05) is 0 Å². The van der Waals surface area contributed by atoms with Crippen LogP contribution in [0.2, 0.25) is 0 Å². The Morgan fingerprint density at radius 3 is 2.58 bits per heavy atom. The molecule has 2 heteroatoms. The van der Waals surface area contributed by atoms with E-state index >= 15 is 0 Å². The maximum atomic E-state index is 10.0. The van der Waals surface area contributed by atoms with Gasteiger partial charge in [-0.15, -0.1) is 0 Å². The predicted octanol–water partition coefficient (Wildman–Crippen LogP) is 1.86. The number of rotatable bonds is 2. The molecule has 2 rings (SSSR count). The van der Waals surface area contributed by atoms with E-state index in [-0.39, 0.29) is 5.60 Å². The SMILES string of the molecule is CCC1(O)CC[C@@]2(CC)O[C@H]2C1. The molecule has 0 aromatic carbocycles. The molecule has 3 atom stereocenters. The maximum absolute atomic E-state index is 10.0. The van der Waals surface area contributed by atoms with Crippen LogP contribution in [0.4, 0.5) is 0 Å². The first-order valence-corrected chi connectivity index (χ1v) is 5.04. The number of aliphatic hydroxyl groups is 1. The zero-order chi connectivity index (χ0) is 8.82. The molecule has 1 heterocycles. The van der Waals surface area contributed by atoms with Gasteiger partial charge in [0.1, 0.15) is 0 Å². The van der Waals surface area contributed by atoms with Gasteiger partial charge < -0.3 is 9.84 Å². The summed E-state index contributed by atoms with van der Waals surface area (Å²) in [4.78, 5) is 0. The summed E-state index contributed by atoms with van der Waals surface area (Å²) in [6, 6.07) is 0. The Kier molecular flexibility index (Phi) is 1.74. The molecule has 0 aromatic rings. The Labute approximate surface area is 73.9 Å². The van der Waals surface area contributed by atoms with Gasteiger partial charge in [-0.2, -0.15) is 0 Å². The number of hydrogen-bond donors (Lipinski definition) is 1. The molecule has 0 amide bonds. The number of fused-ring (bicyclic) bond motifs is 1. The highest BCUT2D eigenvalue weighted by molar-refractivity contribution is 5.09. The Bertz CT molecular complexity index is 192. The highest BCUT2D eigenvalue weighted by atomic mass is 16.6. The van der Waals surface area contributed by atoms with Crippen molar-refractivity contribution in [1.29, 1.82) is 0 Å². The van der Waals surface area contributed by atoms with E-state index in [1.165, 1.54) is 0 Å². The van der Waals surface area contributed by atoms with Gasteiger partial charge in [-0.25, -0.2) is 0 Å². The monoisotopic (exact) mass is 170 g/mol. The van der Waals surface area contributed by atoms with Crippen molar-refractivity contribution in [3.05, 3.63) is 0 Å². The Hall–Kier alpha value is -0.0800. The van der Waals surface area contributed by atoms with E-state index in [4.69, 9.17) is 4.74 Å². The molecule has 0 bridgehead atoms. The molecule has 1 N–H and O–H groups in total. The van der Waals surface area contributed by atoms with Gasteiger partial charge in [0.15, 0.2) is 0 Å². The minimum atomic E-state index is -0.417. The first-order valence-electron chi connectivity index (χ1n) is 5.04.